The van der Waals surface area contributed by atoms with E-state index in [0.29, 0.717) is 5.56 Å². The van der Waals surface area contributed by atoms with Gasteiger partial charge in [0.2, 0.25) is 5.91 Å². The molecule has 2 aromatic rings. The van der Waals surface area contributed by atoms with Crippen molar-refractivity contribution >= 4 is 23.5 Å². The Kier molecular flexibility index (Phi) is 7.98. The first kappa shape index (κ1) is 22.5. The first-order valence-corrected chi connectivity index (χ1v) is 9.00. The highest BCUT2D eigenvalue weighted by molar-refractivity contribution is 5.92. The Hall–Kier alpha value is -3.82. The zero-order valence-corrected chi connectivity index (χ0v) is 16.2. The Morgan fingerprint density at radius 2 is 1.73 bits per heavy atom. The normalized spacial score (nSPS) is 10.2. The first-order chi connectivity index (χ1) is 14.3. The lowest BCUT2D eigenvalue weighted by Crippen LogP contribution is -2.42. The molecule has 0 aliphatic carbocycles. The molecular weight excluding hydrogens is 397 g/mol. The molecule has 0 bridgehead atoms. The quantitative estimate of drug-likeness (QED) is 0.379. The van der Waals surface area contributed by atoms with Gasteiger partial charge >= 0.3 is 5.97 Å². The highest BCUT2D eigenvalue weighted by Gasteiger charge is 2.18. The van der Waals surface area contributed by atoms with Crippen LogP contribution in [0.3, 0.4) is 0 Å². The molecule has 0 heterocycles. The van der Waals surface area contributed by atoms with Crippen LogP contribution in [0, 0.1) is 15.9 Å². The van der Waals surface area contributed by atoms with E-state index >= 15 is 0 Å². The molecule has 0 radical (unpaired) electrons. The molecule has 2 rings (SSSR count). The Morgan fingerprint density at radius 3 is 2.30 bits per heavy atom. The second-order valence-corrected chi connectivity index (χ2v) is 6.19. The molecule has 1 N–H and O–H groups in total. The molecule has 30 heavy (non-hydrogen) atoms. The minimum Gasteiger partial charge on any atom is -0.452 e. The maximum absolute atomic E-state index is 12.9. The average molecular weight is 417 g/mol. The number of carbonyl (C=O) groups excluding carboxylic acids is 3. The number of non-ortho nitro benzene ring substituents is 1. The van der Waals surface area contributed by atoms with Gasteiger partial charge in [-0.25, -0.2) is 9.18 Å². The van der Waals surface area contributed by atoms with E-state index in [1.54, 1.807) is 6.92 Å². The van der Waals surface area contributed by atoms with Crippen molar-refractivity contribution in [3.05, 3.63) is 75.6 Å². The van der Waals surface area contributed by atoms with Gasteiger partial charge in [-0.3, -0.25) is 19.7 Å². The molecule has 0 aliphatic rings. The van der Waals surface area contributed by atoms with Gasteiger partial charge in [-0.2, -0.15) is 0 Å². The summed E-state index contributed by atoms with van der Waals surface area (Å²) in [4.78, 5) is 47.5. The number of hydrogen-bond acceptors (Lipinski definition) is 6. The van der Waals surface area contributed by atoms with Gasteiger partial charge in [0, 0.05) is 25.2 Å². The number of halogens is 1. The number of rotatable bonds is 9. The number of nitrogens with one attached hydrogen (secondary N) is 1. The lowest BCUT2D eigenvalue weighted by molar-refractivity contribution is -0.384. The summed E-state index contributed by atoms with van der Waals surface area (Å²) in [5.74, 6) is -2.17. The molecule has 2 aromatic carbocycles. The number of nitrogens with zero attached hydrogens (tertiary/aromatic N) is 2. The molecule has 0 atom stereocenters. The molecule has 9 nitrogen and oxygen atoms in total. The number of hydrogen-bond donors (Lipinski definition) is 1. The van der Waals surface area contributed by atoms with Crippen LogP contribution in [0.25, 0.3) is 0 Å². The molecule has 0 unspecified atom stereocenters. The van der Waals surface area contributed by atoms with Gasteiger partial charge in [-0.15, -0.1) is 0 Å². The molecule has 0 aliphatic heterocycles. The van der Waals surface area contributed by atoms with E-state index in [1.807, 2.05) is 0 Å². The zero-order chi connectivity index (χ0) is 22.1. The molecule has 158 valence electrons. The topological polar surface area (TPSA) is 119 Å². The van der Waals surface area contributed by atoms with Crippen LogP contribution in [-0.2, 0) is 20.9 Å². The largest absolute Gasteiger partial charge is 0.452 e. The number of carbonyl (C=O) groups is 3. The lowest BCUT2D eigenvalue weighted by atomic mass is 10.2. The van der Waals surface area contributed by atoms with Crippen molar-refractivity contribution in [2.24, 2.45) is 0 Å². The Labute approximate surface area is 171 Å². The van der Waals surface area contributed by atoms with Crippen LogP contribution >= 0.6 is 0 Å². The number of nitro groups is 1. The van der Waals surface area contributed by atoms with Crippen molar-refractivity contribution in [1.82, 2.24) is 10.2 Å². The third kappa shape index (κ3) is 6.66. The maximum atomic E-state index is 12.9. The first-order valence-electron chi connectivity index (χ1n) is 9.00. The van der Waals surface area contributed by atoms with Crippen LogP contribution in [0.2, 0.25) is 0 Å². The van der Waals surface area contributed by atoms with E-state index in [0.717, 1.165) is 12.1 Å². The van der Waals surface area contributed by atoms with E-state index in [9.17, 15) is 28.9 Å². The number of ether oxygens (including phenoxy) is 1. The van der Waals surface area contributed by atoms with E-state index in [-0.39, 0.29) is 36.7 Å². The van der Waals surface area contributed by atoms with Crippen molar-refractivity contribution in [3.63, 3.8) is 0 Å². The molecule has 0 saturated carbocycles. The minimum absolute atomic E-state index is 0.0634. The van der Waals surface area contributed by atoms with E-state index in [1.165, 1.54) is 41.3 Å². The van der Waals surface area contributed by atoms with Gasteiger partial charge in [-0.1, -0.05) is 12.1 Å². The van der Waals surface area contributed by atoms with Crippen molar-refractivity contribution in [3.8, 4) is 0 Å². The van der Waals surface area contributed by atoms with Gasteiger partial charge in [0.1, 0.15) is 5.82 Å². The molecule has 0 saturated heterocycles. The number of benzene rings is 2. The summed E-state index contributed by atoms with van der Waals surface area (Å²) < 4.78 is 17.8. The Bertz CT molecular complexity index is 915. The van der Waals surface area contributed by atoms with Gasteiger partial charge in [0.25, 0.3) is 11.6 Å². The summed E-state index contributed by atoms with van der Waals surface area (Å²) in [6.45, 7) is 1.27. The molecule has 0 spiro atoms. The maximum Gasteiger partial charge on any atom is 0.338 e. The molecular formula is C20H20FN3O6. The number of likely N-dealkylation sites (N-methyl/N-ethyl adjacent to an activating group) is 1. The third-order valence-corrected chi connectivity index (χ3v) is 4.11. The summed E-state index contributed by atoms with van der Waals surface area (Å²) >= 11 is 0. The smallest absolute Gasteiger partial charge is 0.338 e. The molecule has 0 aromatic heterocycles. The van der Waals surface area contributed by atoms with E-state index in [4.69, 9.17) is 4.74 Å². The van der Waals surface area contributed by atoms with Crippen LogP contribution in [0.5, 0.6) is 0 Å². The predicted octanol–water partition coefficient (Wildman–Crippen LogP) is 2.06. The summed E-state index contributed by atoms with van der Waals surface area (Å²) in [5.41, 5.74) is 0.594. The minimum atomic E-state index is -0.810. The van der Waals surface area contributed by atoms with Crippen molar-refractivity contribution < 1.29 is 28.4 Å². The van der Waals surface area contributed by atoms with Crippen molar-refractivity contribution in [2.45, 2.75) is 13.5 Å². The second-order valence-electron chi connectivity index (χ2n) is 6.19. The average Bonchev–Trinajstić information content (AvgIpc) is 2.75. The third-order valence-electron chi connectivity index (χ3n) is 4.11. The van der Waals surface area contributed by atoms with Crippen molar-refractivity contribution in [2.75, 3.05) is 19.7 Å². The van der Waals surface area contributed by atoms with Gasteiger partial charge in [-0.05, 0) is 36.8 Å². The molecule has 0 fully saturated rings. The number of amides is 2. The van der Waals surface area contributed by atoms with Crippen LogP contribution in [0.4, 0.5) is 10.1 Å². The van der Waals surface area contributed by atoms with Crippen LogP contribution in [0.15, 0.2) is 48.5 Å². The summed E-state index contributed by atoms with van der Waals surface area (Å²) in [5, 5.41) is 13.3. The monoisotopic (exact) mass is 417 g/mol. The summed E-state index contributed by atoms with van der Waals surface area (Å²) in [6, 6.07) is 10.4. The second kappa shape index (κ2) is 10.6. The van der Waals surface area contributed by atoms with Crippen LogP contribution in [-0.4, -0.2) is 47.3 Å². The lowest BCUT2D eigenvalue weighted by Gasteiger charge is -2.20. The van der Waals surface area contributed by atoms with Gasteiger partial charge in [0.05, 0.1) is 17.0 Å². The predicted molar refractivity (Wildman–Crippen MR) is 104 cm³/mol. The fourth-order valence-electron chi connectivity index (χ4n) is 2.43. The number of esters is 1. The van der Waals surface area contributed by atoms with Gasteiger partial charge < -0.3 is 15.0 Å². The van der Waals surface area contributed by atoms with Crippen LogP contribution < -0.4 is 5.32 Å². The summed E-state index contributed by atoms with van der Waals surface area (Å²) in [7, 11) is 0. The highest BCUT2D eigenvalue weighted by Crippen LogP contribution is 2.12. The highest BCUT2D eigenvalue weighted by atomic mass is 19.1. The molecule has 2 amide bonds. The fourth-order valence-corrected chi connectivity index (χ4v) is 2.43. The van der Waals surface area contributed by atoms with Crippen LogP contribution in [0.1, 0.15) is 22.8 Å². The van der Waals surface area contributed by atoms with E-state index < -0.39 is 29.3 Å². The Balaban J connectivity index is 1.81. The molecule has 10 heteroatoms. The zero-order valence-electron chi connectivity index (χ0n) is 16.2. The van der Waals surface area contributed by atoms with Gasteiger partial charge in [0.15, 0.2) is 6.61 Å². The standard InChI is InChI=1S/C20H20FN3O6/c1-2-23(12-18(25)22-11-14-3-7-16(21)8-4-14)19(26)13-30-20(27)15-5-9-17(10-6-15)24(28)29/h3-10H,2,11-13H2,1H3,(H,22,25). The fraction of sp³-hybridized carbons (Fsp3) is 0.250. The number of nitro benzene ring substituents is 1. The summed E-state index contributed by atoms with van der Waals surface area (Å²) in [6.07, 6.45) is 0. The van der Waals surface area contributed by atoms with Crippen molar-refractivity contribution in [1.29, 1.82) is 0 Å². The Morgan fingerprint density at radius 1 is 1.10 bits per heavy atom. The SMILES string of the molecule is CCN(CC(=O)NCc1ccc(F)cc1)C(=O)COC(=O)c1ccc([N+](=O)[O-])cc1. The van der Waals surface area contributed by atoms with E-state index in [2.05, 4.69) is 5.32 Å².